The van der Waals surface area contributed by atoms with Gasteiger partial charge >= 0.3 is 0 Å². The molecule has 96 valence electrons. The molecule has 0 saturated heterocycles. The van der Waals surface area contributed by atoms with Crippen LogP contribution in [0.3, 0.4) is 0 Å². The predicted molar refractivity (Wildman–Crippen MR) is 69.3 cm³/mol. The van der Waals surface area contributed by atoms with Gasteiger partial charge in [0.25, 0.3) is 5.91 Å². The van der Waals surface area contributed by atoms with Crippen LogP contribution >= 0.6 is 0 Å². The number of H-pyrrole nitrogens is 1. The number of benzene rings is 1. The Hall–Kier alpha value is -1.88. The fourth-order valence-electron chi connectivity index (χ4n) is 1.75. The first-order valence-corrected chi connectivity index (χ1v) is 5.96. The summed E-state index contributed by atoms with van der Waals surface area (Å²) in [7, 11) is 0. The van der Waals surface area contributed by atoms with Crippen LogP contribution in [0.15, 0.2) is 24.4 Å². The van der Waals surface area contributed by atoms with Gasteiger partial charge in [-0.15, -0.1) is 0 Å². The Labute approximate surface area is 105 Å². The first-order chi connectivity index (χ1) is 8.61. The third kappa shape index (κ3) is 2.51. The van der Waals surface area contributed by atoms with Crippen LogP contribution in [0.1, 0.15) is 24.2 Å². The van der Waals surface area contributed by atoms with Gasteiger partial charge < -0.3 is 10.4 Å². The predicted octanol–water partition coefficient (Wildman–Crippen LogP) is 1.31. The van der Waals surface area contributed by atoms with Gasteiger partial charge in [-0.05, 0) is 18.1 Å². The number of hydrogen-bond acceptors (Lipinski definition) is 3. The monoisotopic (exact) mass is 247 g/mol. The zero-order chi connectivity index (χ0) is 13.1. The standard InChI is InChI=1S/C13H17N3O2/c1-8(2)12(7-17)15-13(18)9-3-4-10-6-14-16-11(10)5-9/h3-6,8,12,17H,7H2,1-2H3,(H,14,16)(H,15,18). The molecule has 2 rings (SSSR count). The van der Waals surface area contributed by atoms with Gasteiger partial charge in [0.05, 0.1) is 24.4 Å². The largest absolute Gasteiger partial charge is 0.394 e. The van der Waals surface area contributed by atoms with E-state index in [9.17, 15) is 9.90 Å². The highest BCUT2D eigenvalue weighted by Crippen LogP contribution is 2.13. The summed E-state index contributed by atoms with van der Waals surface area (Å²) in [6.07, 6.45) is 1.71. The second-order valence-corrected chi connectivity index (χ2v) is 4.68. The maximum absolute atomic E-state index is 12.0. The summed E-state index contributed by atoms with van der Waals surface area (Å²) < 4.78 is 0. The van der Waals surface area contributed by atoms with Gasteiger partial charge in [0, 0.05) is 10.9 Å². The average Bonchev–Trinajstić information content (AvgIpc) is 2.82. The van der Waals surface area contributed by atoms with Gasteiger partial charge in [0.15, 0.2) is 0 Å². The molecule has 0 bridgehead atoms. The van der Waals surface area contributed by atoms with E-state index >= 15 is 0 Å². The van der Waals surface area contributed by atoms with Crippen LogP contribution in [0.5, 0.6) is 0 Å². The van der Waals surface area contributed by atoms with Crippen LogP contribution in [-0.2, 0) is 0 Å². The number of aromatic amines is 1. The molecule has 18 heavy (non-hydrogen) atoms. The Morgan fingerprint density at radius 2 is 2.28 bits per heavy atom. The first kappa shape index (κ1) is 12.6. The summed E-state index contributed by atoms with van der Waals surface area (Å²) in [4.78, 5) is 12.0. The van der Waals surface area contributed by atoms with Crippen molar-refractivity contribution in [2.24, 2.45) is 5.92 Å². The minimum atomic E-state index is -0.227. The number of carbonyl (C=O) groups is 1. The van der Waals surface area contributed by atoms with Gasteiger partial charge in [0.1, 0.15) is 0 Å². The average molecular weight is 247 g/mol. The summed E-state index contributed by atoms with van der Waals surface area (Å²) >= 11 is 0. The van der Waals surface area contributed by atoms with Gasteiger partial charge in [-0.1, -0.05) is 19.9 Å². The van der Waals surface area contributed by atoms with Crippen LogP contribution in [0.25, 0.3) is 10.9 Å². The lowest BCUT2D eigenvalue weighted by molar-refractivity contribution is 0.0897. The van der Waals surface area contributed by atoms with E-state index in [4.69, 9.17) is 0 Å². The summed E-state index contributed by atoms with van der Waals surface area (Å²) in [6.45, 7) is 3.86. The van der Waals surface area contributed by atoms with Crippen molar-refractivity contribution in [3.8, 4) is 0 Å². The molecule has 0 saturated carbocycles. The summed E-state index contributed by atoms with van der Waals surface area (Å²) in [6, 6.07) is 5.13. The van der Waals surface area contributed by atoms with Gasteiger partial charge in [-0.3, -0.25) is 9.89 Å². The first-order valence-electron chi connectivity index (χ1n) is 5.96. The highest BCUT2D eigenvalue weighted by molar-refractivity contribution is 5.97. The summed E-state index contributed by atoms with van der Waals surface area (Å²) in [5.74, 6) is 0.00841. The highest BCUT2D eigenvalue weighted by Gasteiger charge is 2.16. The topological polar surface area (TPSA) is 78.0 Å². The number of nitrogens with one attached hydrogen (secondary N) is 2. The molecular formula is C13H17N3O2. The van der Waals surface area contributed by atoms with Crippen LogP contribution in [0, 0.1) is 5.92 Å². The Morgan fingerprint density at radius 1 is 1.50 bits per heavy atom. The molecule has 2 aromatic rings. The van der Waals surface area contributed by atoms with Crippen molar-refractivity contribution >= 4 is 16.8 Å². The third-order valence-electron chi connectivity index (χ3n) is 3.02. The zero-order valence-electron chi connectivity index (χ0n) is 10.5. The molecule has 5 heteroatoms. The highest BCUT2D eigenvalue weighted by atomic mass is 16.3. The van der Waals surface area contributed by atoms with Crippen molar-refractivity contribution in [1.82, 2.24) is 15.5 Å². The second kappa shape index (κ2) is 5.18. The quantitative estimate of drug-likeness (QED) is 0.762. The molecule has 0 aliphatic carbocycles. The maximum Gasteiger partial charge on any atom is 0.251 e. The molecule has 1 aromatic heterocycles. The van der Waals surface area contributed by atoms with E-state index in [0.29, 0.717) is 5.56 Å². The molecule has 0 aliphatic rings. The zero-order valence-corrected chi connectivity index (χ0v) is 10.5. The van der Waals surface area contributed by atoms with Crippen molar-refractivity contribution in [3.63, 3.8) is 0 Å². The number of aliphatic hydroxyl groups excluding tert-OH is 1. The smallest absolute Gasteiger partial charge is 0.251 e. The van der Waals surface area contributed by atoms with Crippen LogP contribution < -0.4 is 5.32 Å². The number of aromatic nitrogens is 2. The maximum atomic E-state index is 12.0. The van der Waals surface area contributed by atoms with E-state index in [1.54, 1.807) is 18.3 Å². The number of hydrogen-bond donors (Lipinski definition) is 3. The van der Waals surface area contributed by atoms with Crippen LogP contribution in [0.2, 0.25) is 0 Å². The molecule has 1 unspecified atom stereocenters. The molecule has 1 amide bonds. The summed E-state index contributed by atoms with van der Waals surface area (Å²) in [5.41, 5.74) is 1.39. The molecule has 1 atom stereocenters. The van der Waals surface area contributed by atoms with Crippen LogP contribution in [0.4, 0.5) is 0 Å². The lowest BCUT2D eigenvalue weighted by Gasteiger charge is -2.19. The van der Waals surface area contributed by atoms with Crippen molar-refractivity contribution < 1.29 is 9.90 Å². The van der Waals surface area contributed by atoms with Crippen molar-refractivity contribution in [1.29, 1.82) is 0 Å². The van der Waals surface area contributed by atoms with Gasteiger partial charge in [0.2, 0.25) is 0 Å². The van der Waals surface area contributed by atoms with E-state index in [-0.39, 0.29) is 24.5 Å². The lowest BCUT2D eigenvalue weighted by atomic mass is 10.0. The Morgan fingerprint density at radius 3 is 2.94 bits per heavy atom. The van der Waals surface area contributed by atoms with Crippen LogP contribution in [-0.4, -0.2) is 33.9 Å². The minimum Gasteiger partial charge on any atom is -0.394 e. The van der Waals surface area contributed by atoms with E-state index in [1.165, 1.54) is 0 Å². The minimum absolute atomic E-state index is 0.0598. The van der Waals surface area contributed by atoms with E-state index in [2.05, 4.69) is 15.5 Å². The number of nitrogens with zero attached hydrogens (tertiary/aromatic N) is 1. The lowest BCUT2D eigenvalue weighted by Crippen LogP contribution is -2.41. The molecule has 0 spiro atoms. The second-order valence-electron chi connectivity index (χ2n) is 4.68. The SMILES string of the molecule is CC(C)C(CO)NC(=O)c1ccc2cn[nH]c2c1. The molecule has 5 nitrogen and oxygen atoms in total. The molecule has 0 fully saturated rings. The molecule has 0 aliphatic heterocycles. The number of fused-ring (bicyclic) bond motifs is 1. The number of amides is 1. The summed E-state index contributed by atoms with van der Waals surface area (Å²) in [5, 5.41) is 19.7. The number of carbonyl (C=O) groups excluding carboxylic acids is 1. The van der Waals surface area contributed by atoms with Gasteiger partial charge in [-0.25, -0.2) is 0 Å². The molecule has 1 aromatic carbocycles. The van der Waals surface area contributed by atoms with E-state index in [0.717, 1.165) is 10.9 Å². The normalized spacial score (nSPS) is 12.9. The van der Waals surface area contributed by atoms with E-state index in [1.807, 2.05) is 19.9 Å². The van der Waals surface area contributed by atoms with Crippen molar-refractivity contribution in [3.05, 3.63) is 30.0 Å². The third-order valence-corrected chi connectivity index (χ3v) is 3.02. The van der Waals surface area contributed by atoms with Crippen molar-refractivity contribution in [2.45, 2.75) is 19.9 Å². The van der Waals surface area contributed by atoms with E-state index < -0.39 is 0 Å². The molecule has 3 N–H and O–H groups in total. The van der Waals surface area contributed by atoms with Gasteiger partial charge in [-0.2, -0.15) is 5.10 Å². The Kier molecular flexibility index (Phi) is 3.62. The molecular weight excluding hydrogens is 230 g/mol. The molecule has 0 radical (unpaired) electrons. The fourth-order valence-corrected chi connectivity index (χ4v) is 1.75. The molecule has 1 heterocycles. The fraction of sp³-hybridized carbons (Fsp3) is 0.385. The Balaban J connectivity index is 2.17. The van der Waals surface area contributed by atoms with Crippen molar-refractivity contribution in [2.75, 3.05) is 6.61 Å². The number of aliphatic hydroxyl groups is 1. The number of rotatable bonds is 4. The Bertz CT molecular complexity index is 548.